The van der Waals surface area contributed by atoms with Gasteiger partial charge in [0.1, 0.15) is 0 Å². The van der Waals surface area contributed by atoms with E-state index in [2.05, 4.69) is 9.80 Å². The highest BCUT2D eigenvalue weighted by Crippen LogP contribution is 2.41. The lowest BCUT2D eigenvalue weighted by molar-refractivity contribution is 0.241. The molecule has 0 heterocycles. The van der Waals surface area contributed by atoms with Gasteiger partial charge in [-0.3, -0.25) is 9.80 Å². The zero-order valence-electron chi connectivity index (χ0n) is 34.3. The van der Waals surface area contributed by atoms with Crippen molar-refractivity contribution in [2.45, 2.75) is 58.3 Å². The van der Waals surface area contributed by atoms with Gasteiger partial charge in [-0.1, -0.05) is 19.3 Å². The maximum atomic E-state index is 10.5. The fraction of sp³-hybridized carbons (Fsp3) is 0.442. The van der Waals surface area contributed by atoms with Gasteiger partial charge in [0.25, 0.3) is 0 Å². The van der Waals surface area contributed by atoms with Crippen LogP contribution in [0.2, 0.25) is 0 Å². The first-order chi connectivity index (χ1) is 27.5. The molecule has 0 radical (unpaired) electrons. The first-order valence-corrected chi connectivity index (χ1v) is 18.7. The maximum absolute atomic E-state index is 10.5. The third-order valence-corrected chi connectivity index (χ3v) is 9.73. The van der Waals surface area contributed by atoms with Crippen LogP contribution in [0.3, 0.4) is 0 Å². The summed E-state index contributed by atoms with van der Waals surface area (Å²) in [5.74, 6) is 2.46. The van der Waals surface area contributed by atoms with Crippen LogP contribution in [-0.4, -0.2) is 100 Å². The number of ether oxygens (including phenoxy) is 8. The monoisotopic (exact) mass is 794 g/mol. The Labute approximate surface area is 335 Å². The van der Waals surface area contributed by atoms with E-state index in [0.29, 0.717) is 72.2 Å². The van der Waals surface area contributed by atoms with E-state index in [1.807, 2.05) is 48.5 Å². The van der Waals surface area contributed by atoms with Crippen LogP contribution in [0.5, 0.6) is 69.0 Å². The number of aromatic hydroxyl groups is 4. The molecular formula is C43H58N2O12. The highest BCUT2D eigenvalue weighted by Gasteiger charge is 2.19. The molecule has 0 spiro atoms. The van der Waals surface area contributed by atoms with Gasteiger partial charge in [-0.25, -0.2) is 0 Å². The Morgan fingerprint density at radius 1 is 0.316 bits per heavy atom. The summed E-state index contributed by atoms with van der Waals surface area (Å²) in [6.07, 6.45) is 4.88. The predicted octanol–water partition coefficient (Wildman–Crippen LogP) is 7.23. The van der Waals surface area contributed by atoms with Crippen LogP contribution in [0.15, 0.2) is 48.5 Å². The second-order valence-corrected chi connectivity index (χ2v) is 13.6. The molecule has 4 aromatic rings. The Morgan fingerprint density at radius 2 is 0.491 bits per heavy atom. The largest absolute Gasteiger partial charge is 0.502 e. The Morgan fingerprint density at radius 3 is 0.667 bits per heavy atom. The number of phenols is 4. The maximum Gasteiger partial charge on any atom is 0.200 e. The van der Waals surface area contributed by atoms with Crippen molar-refractivity contribution < 1.29 is 58.3 Å². The lowest BCUT2D eigenvalue weighted by Crippen LogP contribution is -2.24. The molecule has 14 nitrogen and oxygen atoms in total. The zero-order valence-corrected chi connectivity index (χ0v) is 34.3. The second-order valence-electron chi connectivity index (χ2n) is 13.6. The molecule has 0 saturated heterocycles. The van der Waals surface area contributed by atoms with Gasteiger partial charge in [0.2, 0.25) is 23.0 Å². The lowest BCUT2D eigenvalue weighted by Gasteiger charge is -2.25. The number of phenolic OH excluding ortho intramolecular Hbond substituents is 4. The summed E-state index contributed by atoms with van der Waals surface area (Å²) in [7, 11) is 12.1. The molecule has 0 saturated carbocycles. The summed E-state index contributed by atoms with van der Waals surface area (Å²) in [6, 6.07) is 14.5. The van der Waals surface area contributed by atoms with Gasteiger partial charge in [-0.15, -0.1) is 0 Å². The Bertz CT molecular complexity index is 1540. The summed E-state index contributed by atoms with van der Waals surface area (Å²) in [5.41, 5.74) is 3.64. The van der Waals surface area contributed by atoms with Crippen molar-refractivity contribution in [3.05, 3.63) is 70.8 Å². The number of methoxy groups -OCH3 is 8. The smallest absolute Gasteiger partial charge is 0.200 e. The molecular weight excluding hydrogens is 736 g/mol. The normalized spacial score (nSPS) is 11.1. The van der Waals surface area contributed by atoms with Gasteiger partial charge < -0.3 is 58.3 Å². The molecule has 14 heteroatoms. The number of hydrogen-bond donors (Lipinski definition) is 4. The summed E-state index contributed by atoms with van der Waals surface area (Å²) in [4.78, 5) is 4.58. The number of hydrogen-bond acceptors (Lipinski definition) is 14. The molecule has 0 aliphatic carbocycles. The minimum absolute atomic E-state index is 0.0492. The summed E-state index contributed by atoms with van der Waals surface area (Å²) < 4.78 is 43.3. The molecule has 4 rings (SSSR count). The van der Waals surface area contributed by atoms with E-state index >= 15 is 0 Å². The average Bonchev–Trinajstić information content (AvgIpc) is 3.22. The summed E-state index contributed by atoms with van der Waals surface area (Å²) in [6.45, 7) is 3.75. The fourth-order valence-electron chi connectivity index (χ4n) is 6.82. The minimum Gasteiger partial charge on any atom is -0.502 e. The average molecular weight is 795 g/mol. The van der Waals surface area contributed by atoms with Crippen LogP contribution in [0.4, 0.5) is 0 Å². The second kappa shape index (κ2) is 21.6. The SMILES string of the molecule is COc1cc(CN(CCCCCCCN(Cc2cc(OC)c(O)c(OC)c2)Cc2cc(OC)c(O)c(OC)c2)Cc2cc(OC)c(O)c(OC)c2)cc(OC)c1O. The molecule has 4 N–H and O–H groups in total. The number of benzene rings is 4. The van der Waals surface area contributed by atoms with E-state index in [9.17, 15) is 20.4 Å². The molecule has 0 atom stereocenters. The molecule has 0 aliphatic heterocycles. The van der Waals surface area contributed by atoms with Crippen molar-refractivity contribution in [1.82, 2.24) is 9.80 Å². The van der Waals surface area contributed by atoms with Gasteiger partial charge in [0, 0.05) is 26.2 Å². The lowest BCUT2D eigenvalue weighted by atomic mass is 10.1. The van der Waals surface area contributed by atoms with Crippen LogP contribution >= 0.6 is 0 Å². The van der Waals surface area contributed by atoms with Crippen molar-refractivity contribution in [1.29, 1.82) is 0 Å². The first kappa shape index (κ1) is 44.1. The van der Waals surface area contributed by atoms with Crippen LogP contribution in [-0.2, 0) is 26.2 Å². The van der Waals surface area contributed by atoms with E-state index in [1.54, 1.807) is 0 Å². The van der Waals surface area contributed by atoms with Crippen LogP contribution in [0, 0.1) is 0 Å². The summed E-state index contributed by atoms with van der Waals surface area (Å²) in [5, 5.41) is 42.0. The topological polar surface area (TPSA) is 161 Å². The van der Waals surface area contributed by atoms with Crippen LogP contribution in [0.25, 0.3) is 0 Å². The highest BCUT2D eigenvalue weighted by atomic mass is 16.5. The first-order valence-electron chi connectivity index (χ1n) is 18.7. The van der Waals surface area contributed by atoms with Crippen molar-refractivity contribution in [2.24, 2.45) is 0 Å². The molecule has 0 amide bonds. The van der Waals surface area contributed by atoms with E-state index in [-0.39, 0.29) is 23.0 Å². The van der Waals surface area contributed by atoms with Gasteiger partial charge in [-0.05, 0) is 96.7 Å². The molecule has 4 aromatic carbocycles. The fourth-order valence-corrected chi connectivity index (χ4v) is 6.82. The number of unbranched alkanes of at least 4 members (excludes halogenated alkanes) is 4. The van der Waals surface area contributed by atoms with E-state index in [0.717, 1.165) is 67.4 Å². The third-order valence-electron chi connectivity index (χ3n) is 9.73. The molecule has 0 aromatic heterocycles. The number of nitrogens with zero attached hydrogens (tertiary/aromatic N) is 2. The zero-order chi connectivity index (χ0) is 41.5. The standard InChI is InChI=1S/C43H58N2O12/c1-50-32-16-28(17-33(51-2)40(32)46)24-44(25-29-18-34(52-3)41(47)35(19-29)53-4)14-12-10-9-11-13-15-45(26-30-20-36(54-5)42(48)37(21-30)55-6)27-31-22-38(56-7)43(49)39(23-31)57-8/h16-23,46-49H,9-15,24-27H2,1-8H3. The quantitative estimate of drug-likeness (QED) is 0.0526. The summed E-state index contributed by atoms with van der Waals surface area (Å²) >= 11 is 0. The van der Waals surface area contributed by atoms with Crippen molar-refractivity contribution in [3.8, 4) is 69.0 Å². The van der Waals surface area contributed by atoms with E-state index in [4.69, 9.17) is 37.9 Å². The van der Waals surface area contributed by atoms with Crippen LogP contribution < -0.4 is 37.9 Å². The van der Waals surface area contributed by atoms with Crippen molar-refractivity contribution in [2.75, 3.05) is 70.0 Å². The van der Waals surface area contributed by atoms with Crippen molar-refractivity contribution in [3.63, 3.8) is 0 Å². The predicted molar refractivity (Wildman–Crippen MR) is 216 cm³/mol. The third kappa shape index (κ3) is 11.7. The van der Waals surface area contributed by atoms with Crippen molar-refractivity contribution >= 4 is 0 Å². The highest BCUT2D eigenvalue weighted by molar-refractivity contribution is 5.55. The molecule has 0 aliphatic rings. The van der Waals surface area contributed by atoms with Gasteiger partial charge in [-0.2, -0.15) is 0 Å². The molecule has 0 bridgehead atoms. The molecule has 0 fully saturated rings. The Kier molecular flexibility index (Phi) is 16.7. The molecule has 57 heavy (non-hydrogen) atoms. The number of rotatable bonds is 24. The minimum atomic E-state index is -0.0492. The molecule has 312 valence electrons. The van der Waals surface area contributed by atoms with Gasteiger partial charge in [0.05, 0.1) is 56.9 Å². The van der Waals surface area contributed by atoms with Gasteiger partial charge >= 0.3 is 0 Å². The molecule has 0 unspecified atom stereocenters. The van der Waals surface area contributed by atoms with Gasteiger partial charge in [0.15, 0.2) is 46.0 Å². The Balaban J connectivity index is 1.44. The Hall–Kier alpha value is -5.60. The van der Waals surface area contributed by atoms with E-state index in [1.165, 1.54) is 56.9 Å². The van der Waals surface area contributed by atoms with Crippen LogP contribution in [0.1, 0.15) is 54.4 Å². The van der Waals surface area contributed by atoms with E-state index < -0.39 is 0 Å².